The fourth-order valence-corrected chi connectivity index (χ4v) is 5.50. The molecule has 0 saturated carbocycles. The van der Waals surface area contributed by atoms with Crippen molar-refractivity contribution in [1.29, 1.82) is 0 Å². The zero-order valence-corrected chi connectivity index (χ0v) is 19.8. The molecule has 0 bridgehead atoms. The predicted octanol–water partition coefficient (Wildman–Crippen LogP) is 4.20. The molecular formula is C24H20F5N3O4S. The first-order valence-electron chi connectivity index (χ1n) is 10.9. The maximum atomic E-state index is 14.2. The lowest BCUT2D eigenvalue weighted by atomic mass is 10.1. The van der Waals surface area contributed by atoms with E-state index in [2.05, 4.69) is 15.0 Å². The molecule has 4 rings (SSSR count). The summed E-state index contributed by atoms with van der Waals surface area (Å²) in [6, 6.07) is 11.0. The monoisotopic (exact) mass is 541 g/mol. The average molecular weight is 541 g/mol. The van der Waals surface area contributed by atoms with Crippen molar-refractivity contribution in [2.24, 2.45) is 0 Å². The highest BCUT2D eigenvalue weighted by Gasteiger charge is 2.44. The summed E-state index contributed by atoms with van der Waals surface area (Å²) in [6.07, 6.45) is -5.26. The van der Waals surface area contributed by atoms with Gasteiger partial charge in [-0.15, -0.1) is 13.2 Å². The van der Waals surface area contributed by atoms with Gasteiger partial charge in [0.15, 0.2) is 0 Å². The van der Waals surface area contributed by atoms with Gasteiger partial charge in [-0.25, -0.2) is 17.2 Å². The minimum Gasteiger partial charge on any atom is -0.406 e. The third kappa shape index (κ3) is 6.41. The topological polar surface area (TPSA) is 88.6 Å². The van der Waals surface area contributed by atoms with Gasteiger partial charge in [-0.3, -0.25) is 9.78 Å². The molecule has 3 aromatic rings. The summed E-state index contributed by atoms with van der Waals surface area (Å²) < 4.78 is 95.0. The van der Waals surface area contributed by atoms with Gasteiger partial charge in [0.2, 0.25) is 15.9 Å². The second-order valence-corrected chi connectivity index (χ2v) is 10.1. The highest BCUT2D eigenvalue weighted by molar-refractivity contribution is 7.89. The summed E-state index contributed by atoms with van der Waals surface area (Å²) in [5.74, 6) is -1.74. The van der Waals surface area contributed by atoms with Gasteiger partial charge >= 0.3 is 6.36 Å². The highest BCUT2D eigenvalue weighted by atomic mass is 32.2. The lowest BCUT2D eigenvalue weighted by Crippen LogP contribution is -2.45. The van der Waals surface area contributed by atoms with Gasteiger partial charge in [-0.1, -0.05) is 0 Å². The minimum absolute atomic E-state index is 0.0402. The molecule has 1 saturated heterocycles. The Hall–Kier alpha value is -3.58. The van der Waals surface area contributed by atoms with Crippen LogP contribution < -0.4 is 10.1 Å². The van der Waals surface area contributed by atoms with Gasteiger partial charge in [0, 0.05) is 31.3 Å². The molecule has 0 spiro atoms. The molecule has 1 amide bonds. The van der Waals surface area contributed by atoms with Crippen LogP contribution in [0.2, 0.25) is 0 Å². The Bertz CT molecular complexity index is 1370. The predicted molar refractivity (Wildman–Crippen MR) is 122 cm³/mol. The van der Waals surface area contributed by atoms with E-state index in [1.54, 1.807) is 12.1 Å². The van der Waals surface area contributed by atoms with E-state index in [0.717, 1.165) is 40.7 Å². The van der Waals surface area contributed by atoms with E-state index >= 15 is 0 Å². The molecule has 2 aromatic carbocycles. The second-order valence-electron chi connectivity index (χ2n) is 8.22. The van der Waals surface area contributed by atoms with Crippen molar-refractivity contribution in [2.45, 2.75) is 36.4 Å². The molecule has 0 unspecified atom stereocenters. The Morgan fingerprint density at radius 3 is 2.41 bits per heavy atom. The van der Waals surface area contributed by atoms with Crippen molar-refractivity contribution < 1.29 is 39.9 Å². The number of pyridine rings is 1. The van der Waals surface area contributed by atoms with E-state index in [1.807, 2.05) is 0 Å². The number of halogens is 5. The van der Waals surface area contributed by atoms with E-state index in [1.165, 1.54) is 18.3 Å². The van der Waals surface area contributed by atoms with Gasteiger partial charge in [0.1, 0.15) is 23.8 Å². The Morgan fingerprint density at radius 1 is 1.08 bits per heavy atom. The van der Waals surface area contributed by atoms with Crippen LogP contribution in [0.15, 0.2) is 71.8 Å². The number of alkyl halides is 4. The first-order valence-corrected chi connectivity index (χ1v) is 12.4. The summed E-state index contributed by atoms with van der Waals surface area (Å²) in [5.41, 5.74) is 1.47. The summed E-state index contributed by atoms with van der Waals surface area (Å²) in [6.45, 7) is -0.549. The van der Waals surface area contributed by atoms with Gasteiger partial charge in [-0.2, -0.15) is 4.31 Å². The standard InChI is InChI=1S/C24H20F5N3O4S/c25-17-3-7-20(8-4-17)37(34,35)32-14-18(26)12-22(32)23(33)31-13-15-9-10-30-21(11-15)16-1-5-19(6-2-16)36-24(27,28)29/h1-11,18,22H,12-14H2,(H,31,33)/t18-,22+/m1/s1. The van der Waals surface area contributed by atoms with E-state index in [9.17, 15) is 35.2 Å². The van der Waals surface area contributed by atoms with Crippen LogP contribution in [0.4, 0.5) is 22.0 Å². The largest absolute Gasteiger partial charge is 0.573 e. The van der Waals surface area contributed by atoms with Gasteiger partial charge in [0.05, 0.1) is 10.6 Å². The van der Waals surface area contributed by atoms with Gasteiger partial charge in [-0.05, 0) is 66.2 Å². The Morgan fingerprint density at radius 2 is 1.76 bits per heavy atom. The number of benzene rings is 2. The first-order chi connectivity index (χ1) is 17.4. The van der Waals surface area contributed by atoms with Crippen LogP contribution in [0.25, 0.3) is 11.3 Å². The van der Waals surface area contributed by atoms with Crippen molar-refractivity contribution in [2.75, 3.05) is 6.54 Å². The quantitative estimate of drug-likeness (QED) is 0.453. The molecule has 1 aromatic heterocycles. The fraction of sp³-hybridized carbons (Fsp3) is 0.250. The SMILES string of the molecule is O=C(NCc1ccnc(-c2ccc(OC(F)(F)F)cc2)c1)[C@@H]1C[C@@H](F)CN1S(=O)(=O)c1ccc(F)cc1. The number of aromatic nitrogens is 1. The normalized spacial score (nSPS) is 18.5. The van der Waals surface area contributed by atoms with Crippen molar-refractivity contribution in [1.82, 2.24) is 14.6 Å². The number of sulfonamides is 1. The maximum absolute atomic E-state index is 14.2. The highest BCUT2D eigenvalue weighted by Crippen LogP contribution is 2.29. The number of ether oxygens (including phenoxy) is 1. The smallest absolute Gasteiger partial charge is 0.406 e. The van der Waals surface area contributed by atoms with Gasteiger partial charge in [0.25, 0.3) is 0 Å². The molecular weight excluding hydrogens is 521 g/mol. The molecule has 1 fully saturated rings. The third-order valence-electron chi connectivity index (χ3n) is 5.60. The van der Waals surface area contributed by atoms with E-state index in [-0.39, 0.29) is 23.6 Å². The van der Waals surface area contributed by atoms with Crippen LogP contribution in [0.1, 0.15) is 12.0 Å². The van der Waals surface area contributed by atoms with Crippen molar-refractivity contribution in [3.63, 3.8) is 0 Å². The molecule has 0 aliphatic carbocycles. The molecule has 2 atom stereocenters. The second kappa shape index (κ2) is 10.4. The number of carbonyl (C=O) groups is 1. The fourth-order valence-electron chi connectivity index (χ4n) is 3.88. The van der Waals surface area contributed by atoms with Crippen molar-refractivity contribution >= 4 is 15.9 Å². The zero-order valence-electron chi connectivity index (χ0n) is 19.0. The van der Waals surface area contributed by atoms with Gasteiger partial charge < -0.3 is 10.1 Å². The van der Waals surface area contributed by atoms with Crippen molar-refractivity contribution in [3.05, 3.63) is 78.2 Å². The van der Waals surface area contributed by atoms with E-state index in [4.69, 9.17) is 0 Å². The van der Waals surface area contributed by atoms with Crippen LogP contribution in [0.5, 0.6) is 5.75 Å². The number of hydrogen-bond donors (Lipinski definition) is 1. The Labute approximate surface area is 208 Å². The Balaban J connectivity index is 1.44. The molecule has 1 N–H and O–H groups in total. The maximum Gasteiger partial charge on any atom is 0.573 e. The lowest BCUT2D eigenvalue weighted by molar-refractivity contribution is -0.274. The Kier molecular flexibility index (Phi) is 7.46. The van der Waals surface area contributed by atoms with E-state index in [0.29, 0.717) is 16.8 Å². The molecule has 37 heavy (non-hydrogen) atoms. The third-order valence-corrected chi connectivity index (χ3v) is 7.49. The van der Waals surface area contributed by atoms with Crippen LogP contribution in [0, 0.1) is 5.82 Å². The molecule has 196 valence electrons. The van der Waals surface area contributed by atoms with Crippen LogP contribution >= 0.6 is 0 Å². The number of rotatable bonds is 7. The first kappa shape index (κ1) is 26.5. The van der Waals surface area contributed by atoms with Crippen molar-refractivity contribution in [3.8, 4) is 17.0 Å². The minimum atomic E-state index is -4.81. The van der Waals surface area contributed by atoms with Crippen LogP contribution in [-0.4, -0.2) is 48.7 Å². The molecule has 1 aliphatic heterocycles. The zero-order chi connectivity index (χ0) is 26.8. The molecule has 1 aliphatic rings. The summed E-state index contributed by atoms with van der Waals surface area (Å²) >= 11 is 0. The number of hydrogen-bond acceptors (Lipinski definition) is 5. The number of nitrogens with zero attached hydrogens (tertiary/aromatic N) is 2. The number of amides is 1. The molecule has 13 heteroatoms. The summed E-state index contributed by atoms with van der Waals surface area (Å²) in [5, 5.41) is 2.59. The van der Waals surface area contributed by atoms with Crippen LogP contribution in [-0.2, 0) is 21.4 Å². The molecule has 0 radical (unpaired) electrons. The average Bonchev–Trinajstić information content (AvgIpc) is 3.25. The van der Waals surface area contributed by atoms with E-state index < -0.39 is 46.9 Å². The number of carbonyl (C=O) groups excluding carboxylic acids is 1. The molecule has 2 heterocycles. The molecule has 7 nitrogen and oxygen atoms in total. The lowest BCUT2D eigenvalue weighted by Gasteiger charge is -2.23. The number of nitrogens with one attached hydrogen (secondary N) is 1. The summed E-state index contributed by atoms with van der Waals surface area (Å²) in [7, 11) is -4.25. The summed E-state index contributed by atoms with van der Waals surface area (Å²) in [4.78, 5) is 16.8. The van der Waals surface area contributed by atoms with Crippen LogP contribution in [0.3, 0.4) is 0 Å².